The second kappa shape index (κ2) is 8.86. The molecule has 1 aliphatic heterocycles. The summed E-state index contributed by atoms with van der Waals surface area (Å²) in [5.74, 6) is 0.961. The number of amides is 1. The molecule has 31 heavy (non-hydrogen) atoms. The Kier molecular flexibility index (Phi) is 6.59. The Morgan fingerprint density at radius 1 is 1.13 bits per heavy atom. The van der Waals surface area contributed by atoms with Gasteiger partial charge >= 0.3 is 0 Å². The van der Waals surface area contributed by atoms with E-state index in [4.69, 9.17) is 0 Å². The summed E-state index contributed by atoms with van der Waals surface area (Å²) in [6, 6.07) is 3.98. The van der Waals surface area contributed by atoms with Crippen molar-refractivity contribution in [3.05, 3.63) is 51.2 Å². The van der Waals surface area contributed by atoms with Crippen LogP contribution in [0.3, 0.4) is 0 Å². The number of hydrogen-bond donors (Lipinski definition) is 2. The number of aromatic amines is 1. The molecule has 1 aliphatic rings. The third-order valence-electron chi connectivity index (χ3n) is 5.14. The number of thioether (sulfide) groups is 1. The summed E-state index contributed by atoms with van der Waals surface area (Å²) in [5, 5.41) is 26.7. The Hall–Kier alpha value is -2.61. The minimum atomic E-state index is -0.219. The number of carbonyl (C=O) groups is 1. The Morgan fingerprint density at radius 2 is 1.77 bits per heavy atom. The molecule has 166 valence electrons. The maximum absolute atomic E-state index is 13.0. The number of H-pyrrole nitrogens is 1. The Bertz CT molecular complexity index is 963. The molecule has 0 saturated heterocycles. The van der Waals surface area contributed by atoms with Gasteiger partial charge in [0, 0.05) is 30.3 Å². The summed E-state index contributed by atoms with van der Waals surface area (Å²) in [7, 11) is 0. The summed E-state index contributed by atoms with van der Waals surface area (Å²) in [6.45, 7) is 13.1. The van der Waals surface area contributed by atoms with Crippen molar-refractivity contribution in [2.75, 3.05) is 6.54 Å². The van der Waals surface area contributed by atoms with Crippen LogP contribution < -0.4 is 0 Å². The minimum Gasteiger partial charge on any atom is -0.507 e. The fourth-order valence-electron chi connectivity index (χ4n) is 3.44. The molecule has 0 saturated carbocycles. The van der Waals surface area contributed by atoms with Gasteiger partial charge in [-0.05, 0) is 46.4 Å². The Labute approximate surface area is 188 Å². The number of benzene rings is 1. The maximum atomic E-state index is 13.0. The van der Waals surface area contributed by atoms with Crippen LogP contribution in [0, 0.1) is 0 Å². The van der Waals surface area contributed by atoms with E-state index in [9.17, 15) is 9.90 Å². The van der Waals surface area contributed by atoms with Gasteiger partial charge in [0.15, 0.2) is 5.82 Å². The molecule has 0 atom stereocenters. The van der Waals surface area contributed by atoms with E-state index in [0.717, 1.165) is 23.1 Å². The van der Waals surface area contributed by atoms with Gasteiger partial charge in [-0.25, -0.2) is 0 Å². The lowest BCUT2D eigenvalue weighted by atomic mass is 9.78. The highest BCUT2D eigenvalue weighted by Crippen LogP contribution is 2.40. The molecule has 0 spiro atoms. The number of rotatable bonds is 5. The van der Waals surface area contributed by atoms with Crippen LogP contribution in [-0.4, -0.2) is 43.1 Å². The predicted octanol–water partition coefficient (Wildman–Crippen LogP) is 4.52. The van der Waals surface area contributed by atoms with Crippen LogP contribution >= 0.6 is 11.8 Å². The van der Waals surface area contributed by atoms with Crippen LogP contribution in [-0.2, 0) is 22.0 Å². The topological polar surface area (TPSA) is 95.0 Å². The smallest absolute Gasteiger partial charge is 0.264 e. The summed E-state index contributed by atoms with van der Waals surface area (Å²) >= 11 is 1.42. The zero-order valence-electron chi connectivity index (χ0n) is 19.1. The number of aromatic hydroxyl groups is 1. The van der Waals surface area contributed by atoms with Crippen molar-refractivity contribution in [3.8, 4) is 5.75 Å². The van der Waals surface area contributed by atoms with Gasteiger partial charge in [-0.3, -0.25) is 4.79 Å². The number of phenols is 1. The molecule has 2 N–H and O–H groups in total. The first-order chi connectivity index (χ1) is 14.5. The molecule has 1 aromatic carbocycles. The molecular weight excluding hydrogens is 410 g/mol. The molecule has 8 heteroatoms. The summed E-state index contributed by atoms with van der Waals surface area (Å²) < 4.78 is 0. The van der Waals surface area contributed by atoms with Gasteiger partial charge in [-0.2, -0.15) is 5.21 Å². The lowest BCUT2D eigenvalue weighted by Gasteiger charge is -2.28. The van der Waals surface area contributed by atoms with Crippen molar-refractivity contribution in [1.82, 2.24) is 25.5 Å². The van der Waals surface area contributed by atoms with Crippen LogP contribution in [0.15, 0.2) is 28.6 Å². The molecule has 0 aliphatic carbocycles. The third-order valence-corrected chi connectivity index (χ3v) is 5.95. The zero-order valence-corrected chi connectivity index (χ0v) is 19.9. The number of aryl methyl sites for hydroxylation is 1. The fraction of sp³-hybridized carbons (Fsp3) is 0.478. The zero-order chi connectivity index (χ0) is 22.8. The monoisotopic (exact) mass is 441 g/mol. The van der Waals surface area contributed by atoms with E-state index in [1.807, 2.05) is 29.8 Å². The van der Waals surface area contributed by atoms with Gasteiger partial charge in [0.25, 0.3) is 5.91 Å². The van der Waals surface area contributed by atoms with Crippen molar-refractivity contribution in [1.29, 1.82) is 0 Å². The number of tetrazole rings is 1. The van der Waals surface area contributed by atoms with E-state index < -0.39 is 0 Å². The largest absolute Gasteiger partial charge is 0.507 e. The molecular formula is C23H31N5O2S. The molecule has 3 rings (SSSR count). The second-order valence-corrected chi connectivity index (χ2v) is 10.8. The van der Waals surface area contributed by atoms with Gasteiger partial charge in [0.05, 0.1) is 4.91 Å². The summed E-state index contributed by atoms with van der Waals surface area (Å²) in [5.41, 5.74) is 2.25. The number of nitrogens with zero attached hydrogens (tertiary/aromatic N) is 4. The summed E-state index contributed by atoms with van der Waals surface area (Å²) in [4.78, 5) is 15.4. The fourth-order valence-corrected chi connectivity index (χ4v) is 4.22. The first kappa shape index (κ1) is 23.1. The van der Waals surface area contributed by atoms with Crippen molar-refractivity contribution in [2.45, 2.75) is 65.2 Å². The van der Waals surface area contributed by atoms with Crippen molar-refractivity contribution in [3.63, 3.8) is 0 Å². The lowest BCUT2D eigenvalue weighted by Crippen LogP contribution is -2.29. The van der Waals surface area contributed by atoms with Gasteiger partial charge in [0.1, 0.15) is 5.75 Å². The maximum Gasteiger partial charge on any atom is 0.264 e. The molecule has 0 radical (unpaired) electrons. The number of hydrogen-bond acceptors (Lipinski definition) is 6. The van der Waals surface area contributed by atoms with Gasteiger partial charge in [-0.1, -0.05) is 58.5 Å². The van der Waals surface area contributed by atoms with E-state index in [0.29, 0.717) is 29.4 Å². The molecule has 2 aromatic rings. The lowest BCUT2D eigenvalue weighted by molar-refractivity contribution is -0.124. The minimum absolute atomic E-state index is 0.0247. The van der Waals surface area contributed by atoms with Crippen LogP contribution in [0.2, 0.25) is 0 Å². The number of nitrogens with one attached hydrogen (secondary N) is 1. The molecule has 1 aromatic heterocycles. The van der Waals surface area contributed by atoms with Crippen LogP contribution in [0.5, 0.6) is 5.75 Å². The van der Waals surface area contributed by atoms with Crippen molar-refractivity contribution < 1.29 is 9.90 Å². The number of carbonyl (C=O) groups excluding carboxylic acids is 1. The average Bonchev–Trinajstić information content (AvgIpc) is 3.17. The first-order valence-corrected chi connectivity index (χ1v) is 11.3. The molecule has 7 nitrogen and oxygen atoms in total. The highest BCUT2D eigenvalue weighted by Gasteiger charge is 2.27. The van der Waals surface area contributed by atoms with Gasteiger partial charge in [-0.15, -0.1) is 10.2 Å². The Morgan fingerprint density at radius 3 is 2.32 bits per heavy atom. The number of phenolic OH excluding ortho intramolecular Hbond substituents is 1. The van der Waals surface area contributed by atoms with E-state index in [-0.39, 0.29) is 16.7 Å². The molecule has 0 fully saturated rings. The van der Waals surface area contributed by atoms with Crippen molar-refractivity contribution in [2.24, 2.45) is 0 Å². The van der Waals surface area contributed by atoms with Crippen LogP contribution in [0.4, 0.5) is 0 Å². The molecule has 0 unspecified atom stereocenters. The summed E-state index contributed by atoms with van der Waals surface area (Å²) in [6.07, 6.45) is 5.14. The third kappa shape index (κ3) is 5.55. The van der Waals surface area contributed by atoms with Gasteiger partial charge in [0.2, 0.25) is 0 Å². The van der Waals surface area contributed by atoms with E-state index in [2.05, 4.69) is 62.2 Å². The molecule has 2 heterocycles. The van der Waals surface area contributed by atoms with Crippen LogP contribution in [0.1, 0.15) is 70.5 Å². The van der Waals surface area contributed by atoms with Crippen LogP contribution in [0.25, 0.3) is 6.08 Å². The highest BCUT2D eigenvalue weighted by atomic mass is 32.2. The van der Waals surface area contributed by atoms with E-state index in [1.54, 1.807) is 4.90 Å². The SMILES string of the molecule is CC(C)(C)c1cc(C=C2SC=CN(CCCc3nn[nH]n3)C2=O)cc(C(C)(C)C)c1O. The number of aromatic nitrogens is 4. The van der Waals surface area contributed by atoms with E-state index >= 15 is 0 Å². The second-order valence-electron chi connectivity index (χ2n) is 9.81. The normalized spacial score (nSPS) is 16.4. The van der Waals surface area contributed by atoms with E-state index in [1.165, 1.54) is 11.8 Å². The highest BCUT2D eigenvalue weighted by molar-refractivity contribution is 8.06. The first-order valence-electron chi connectivity index (χ1n) is 10.4. The van der Waals surface area contributed by atoms with Gasteiger partial charge < -0.3 is 10.0 Å². The standard InChI is InChI=1S/C23H31N5O2S/c1-22(2,3)16-12-15(13-17(20(16)29)23(4,5)6)14-18-21(30)28(10-11-31-18)9-7-8-19-24-26-27-25-19/h10-14,29H,7-9H2,1-6H3,(H,24,25,26,27). The molecule has 1 amide bonds. The average molecular weight is 442 g/mol. The Balaban J connectivity index is 1.86. The quantitative estimate of drug-likeness (QED) is 0.663. The van der Waals surface area contributed by atoms with Crippen molar-refractivity contribution >= 4 is 23.7 Å². The predicted molar refractivity (Wildman–Crippen MR) is 124 cm³/mol. The molecule has 0 bridgehead atoms.